The second kappa shape index (κ2) is 7.87. The van der Waals surface area contributed by atoms with Gasteiger partial charge in [-0.15, -0.1) is 0 Å². The van der Waals surface area contributed by atoms with Crippen LogP contribution >= 0.6 is 0 Å². The van der Waals surface area contributed by atoms with Crippen LogP contribution in [-0.4, -0.2) is 44.9 Å². The lowest BCUT2D eigenvalue weighted by Gasteiger charge is -2.17. The molecule has 2 rings (SSSR count). The second-order valence-electron chi connectivity index (χ2n) is 5.21. The number of benzene rings is 1. The largest absolute Gasteiger partial charge is 0.480 e. The van der Waals surface area contributed by atoms with E-state index in [1.165, 1.54) is 0 Å². The Bertz CT molecular complexity index is 620. The van der Waals surface area contributed by atoms with Crippen molar-refractivity contribution in [2.75, 3.05) is 5.75 Å². The van der Waals surface area contributed by atoms with E-state index in [0.29, 0.717) is 11.3 Å². The first-order chi connectivity index (χ1) is 11.0. The zero-order chi connectivity index (χ0) is 16.8. The summed E-state index contributed by atoms with van der Waals surface area (Å²) in [6.45, 7) is 0. The first kappa shape index (κ1) is 17.1. The molecule has 2 amide bonds. The van der Waals surface area contributed by atoms with Gasteiger partial charge in [0.25, 0.3) is 0 Å². The van der Waals surface area contributed by atoms with E-state index in [9.17, 15) is 23.7 Å². The van der Waals surface area contributed by atoms with Crippen LogP contribution in [0.4, 0.5) is 0 Å². The number of aliphatic carboxylic acids is 1. The lowest BCUT2D eigenvalue weighted by Crippen LogP contribution is -2.49. The number of carboxylic acid groups (broad SMARTS) is 1. The number of carbonyl (C=O) groups excluding carboxylic acids is 2. The van der Waals surface area contributed by atoms with Gasteiger partial charge < -0.3 is 15.7 Å². The summed E-state index contributed by atoms with van der Waals surface area (Å²) in [6, 6.07) is 6.91. The minimum absolute atomic E-state index is 0.0449. The molecule has 0 radical (unpaired) electrons. The molecule has 1 saturated heterocycles. The Labute approximate surface area is 135 Å². The molecule has 124 valence electrons. The molecule has 0 aromatic heterocycles. The molecule has 1 heterocycles. The fourth-order valence-corrected chi connectivity index (χ4v) is 3.40. The first-order valence-corrected chi connectivity index (χ1v) is 8.55. The van der Waals surface area contributed by atoms with Crippen molar-refractivity contribution in [3.05, 3.63) is 30.3 Å². The number of hydrogen-bond donors (Lipinski definition) is 3. The molecule has 7 nitrogen and oxygen atoms in total. The average Bonchev–Trinajstić information content (AvgIpc) is 2.98. The first-order valence-electron chi connectivity index (χ1n) is 7.23. The van der Waals surface area contributed by atoms with Gasteiger partial charge in [-0.3, -0.25) is 13.8 Å². The Kier molecular flexibility index (Phi) is 5.86. The smallest absolute Gasteiger partial charge is 0.326 e. The Balaban J connectivity index is 1.89. The molecule has 0 saturated carbocycles. The minimum Gasteiger partial charge on any atom is -0.480 e. The predicted octanol–water partition coefficient (Wildman–Crippen LogP) is 0.0323. The van der Waals surface area contributed by atoms with Crippen LogP contribution in [0.5, 0.6) is 0 Å². The van der Waals surface area contributed by atoms with Crippen LogP contribution in [-0.2, 0) is 25.2 Å². The zero-order valence-electron chi connectivity index (χ0n) is 12.4. The Morgan fingerprint density at radius 3 is 2.61 bits per heavy atom. The number of nitrogens with one attached hydrogen (secondary N) is 2. The van der Waals surface area contributed by atoms with Gasteiger partial charge in [0, 0.05) is 17.1 Å². The van der Waals surface area contributed by atoms with E-state index in [4.69, 9.17) is 0 Å². The normalized spacial score (nSPS) is 19.7. The summed E-state index contributed by atoms with van der Waals surface area (Å²) in [5, 5.41) is 14.1. The summed E-state index contributed by atoms with van der Waals surface area (Å²) >= 11 is 0. The highest BCUT2D eigenvalue weighted by molar-refractivity contribution is 7.85. The summed E-state index contributed by atoms with van der Waals surface area (Å²) < 4.78 is 12.1. The third-order valence-corrected chi connectivity index (χ3v) is 4.93. The number of amides is 2. The van der Waals surface area contributed by atoms with E-state index in [1.807, 2.05) is 0 Å². The van der Waals surface area contributed by atoms with Gasteiger partial charge in [-0.25, -0.2) is 4.79 Å². The maximum atomic E-state index is 12.1. The van der Waals surface area contributed by atoms with Crippen molar-refractivity contribution < 1.29 is 23.7 Å². The monoisotopic (exact) mass is 338 g/mol. The maximum absolute atomic E-state index is 12.1. The predicted molar refractivity (Wildman–Crippen MR) is 83.1 cm³/mol. The molecule has 1 aliphatic rings. The van der Waals surface area contributed by atoms with Crippen molar-refractivity contribution in [3.8, 4) is 0 Å². The highest BCUT2D eigenvalue weighted by Crippen LogP contribution is 2.10. The van der Waals surface area contributed by atoms with Crippen molar-refractivity contribution in [2.24, 2.45) is 0 Å². The van der Waals surface area contributed by atoms with E-state index in [-0.39, 0.29) is 24.5 Å². The molecule has 0 unspecified atom stereocenters. The van der Waals surface area contributed by atoms with Crippen molar-refractivity contribution in [2.45, 2.75) is 36.2 Å². The summed E-state index contributed by atoms with van der Waals surface area (Å²) in [5.41, 5.74) is 0. The van der Waals surface area contributed by atoms with Gasteiger partial charge in [-0.05, 0) is 25.0 Å². The van der Waals surface area contributed by atoms with E-state index < -0.39 is 34.8 Å². The number of rotatable bonds is 7. The molecule has 23 heavy (non-hydrogen) atoms. The fraction of sp³-hybridized carbons (Fsp3) is 0.400. The van der Waals surface area contributed by atoms with E-state index in [1.54, 1.807) is 30.3 Å². The van der Waals surface area contributed by atoms with E-state index in [2.05, 4.69) is 10.6 Å². The maximum Gasteiger partial charge on any atom is 0.326 e. The van der Waals surface area contributed by atoms with Crippen molar-refractivity contribution >= 4 is 28.6 Å². The molecule has 0 aliphatic carbocycles. The Morgan fingerprint density at radius 1 is 1.35 bits per heavy atom. The van der Waals surface area contributed by atoms with Crippen molar-refractivity contribution in [1.29, 1.82) is 0 Å². The van der Waals surface area contributed by atoms with Gasteiger partial charge in [0.05, 0.1) is 10.8 Å². The van der Waals surface area contributed by atoms with Gasteiger partial charge in [-0.2, -0.15) is 0 Å². The quantitative estimate of drug-likeness (QED) is 0.649. The Hall–Kier alpha value is -2.22. The minimum atomic E-state index is -1.33. The Morgan fingerprint density at radius 2 is 2.04 bits per heavy atom. The molecule has 1 fully saturated rings. The molecule has 8 heteroatoms. The van der Waals surface area contributed by atoms with Gasteiger partial charge in [0.2, 0.25) is 11.8 Å². The zero-order valence-corrected chi connectivity index (χ0v) is 13.2. The molecule has 0 spiro atoms. The second-order valence-corrected chi connectivity index (χ2v) is 6.78. The summed E-state index contributed by atoms with van der Waals surface area (Å²) in [7, 11) is -1.33. The SMILES string of the molecule is O=C1CC[C@H](C(=O)N[C@@H](CC[S@](=O)c2ccccc2)C(=O)O)N1. The fourth-order valence-electron chi connectivity index (χ4n) is 2.26. The third kappa shape index (κ3) is 4.88. The van der Waals surface area contributed by atoms with Gasteiger partial charge in [0.15, 0.2) is 0 Å². The van der Waals surface area contributed by atoms with Gasteiger partial charge >= 0.3 is 5.97 Å². The average molecular weight is 338 g/mol. The number of hydrogen-bond acceptors (Lipinski definition) is 4. The molecule has 3 N–H and O–H groups in total. The molecular weight excluding hydrogens is 320 g/mol. The van der Waals surface area contributed by atoms with Crippen LogP contribution in [0.1, 0.15) is 19.3 Å². The van der Waals surface area contributed by atoms with Crippen LogP contribution in [0.3, 0.4) is 0 Å². The van der Waals surface area contributed by atoms with Crippen LogP contribution < -0.4 is 10.6 Å². The molecule has 1 aromatic carbocycles. The van der Waals surface area contributed by atoms with E-state index >= 15 is 0 Å². The van der Waals surface area contributed by atoms with Crippen molar-refractivity contribution in [3.63, 3.8) is 0 Å². The summed E-state index contributed by atoms with van der Waals surface area (Å²) in [6.07, 6.45) is 0.657. The topological polar surface area (TPSA) is 113 Å². The standard InChI is InChI=1S/C15H18N2O5S/c18-13-7-6-11(16-13)14(19)17-12(15(20)21)8-9-23(22)10-4-2-1-3-5-10/h1-5,11-12H,6-9H2,(H,16,18)(H,17,19)(H,20,21)/t11-,12+,23+/m1/s1. The van der Waals surface area contributed by atoms with Crippen LogP contribution in [0, 0.1) is 0 Å². The lowest BCUT2D eigenvalue weighted by atomic mass is 10.1. The number of carboxylic acids is 1. The highest BCUT2D eigenvalue weighted by Gasteiger charge is 2.30. The molecule has 0 bridgehead atoms. The van der Waals surface area contributed by atoms with Gasteiger partial charge in [-0.1, -0.05) is 18.2 Å². The summed E-state index contributed by atoms with van der Waals surface area (Å²) in [4.78, 5) is 34.9. The molecule has 3 atom stereocenters. The highest BCUT2D eigenvalue weighted by atomic mass is 32.2. The van der Waals surface area contributed by atoms with Gasteiger partial charge in [0.1, 0.15) is 12.1 Å². The van der Waals surface area contributed by atoms with Crippen LogP contribution in [0.2, 0.25) is 0 Å². The molecular formula is C15H18N2O5S. The van der Waals surface area contributed by atoms with E-state index in [0.717, 1.165) is 0 Å². The lowest BCUT2D eigenvalue weighted by molar-refractivity contribution is -0.142. The van der Waals surface area contributed by atoms with Crippen LogP contribution in [0.25, 0.3) is 0 Å². The summed E-state index contributed by atoms with van der Waals surface area (Å²) in [5.74, 6) is -1.80. The van der Waals surface area contributed by atoms with Crippen LogP contribution in [0.15, 0.2) is 35.2 Å². The van der Waals surface area contributed by atoms with Crippen molar-refractivity contribution in [1.82, 2.24) is 10.6 Å². The third-order valence-electron chi connectivity index (χ3n) is 3.52. The molecule has 1 aliphatic heterocycles. The number of carbonyl (C=O) groups is 3. The molecule has 1 aromatic rings.